The van der Waals surface area contributed by atoms with Crippen molar-refractivity contribution < 1.29 is 9.50 Å². The Bertz CT molecular complexity index is 479. The molecule has 0 aliphatic heterocycles. The molecule has 0 spiro atoms. The Morgan fingerprint density at radius 3 is 2.83 bits per heavy atom. The van der Waals surface area contributed by atoms with Gasteiger partial charge in [0.2, 0.25) is 0 Å². The van der Waals surface area contributed by atoms with E-state index in [1.807, 2.05) is 6.92 Å². The molecule has 1 saturated carbocycles. The number of nitrogens with zero attached hydrogens (tertiary/aromatic N) is 1. The average Bonchev–Trinajstić information content (AvgIpc) is 3.21. The van der Waals surface area contributed by atoms with Gasteiger partial charge in [0.05, 0.1) is 18.2 Å². The number of rotatable bonds is 5. The van der Waals surface area contributed by atoms with Gasteiger partial charge in [-0.3, -0.25) is 0 Å². The molecule has 1 aliphatic carbocycles. The fraction of sp³-hybridized carbons (Fsp3) is 0.500. The molecule has 1 fully saturated rings. The van der Waals surface area contributed by atoms with Crippen LogP contribution in [0.5, 0.6) is 0 Å². The van der Waals surface area contributed by atoms with Crippen LogP contribution >= 0.6 is 0 Å². The van der Waals surface area contributed by atoms with Crippen LogP contribution in [-0.4, -0.2) is 17.3 Å². The molecule has 0 radical (unpaired) electrons. The lowest BCUT2D eigenvalue weighted by molar-refractivity contribution is 0.153. The first-order valence-electron chi connectivity index (χ1n) is 6.13. The van der Waals surface area contributed by atoms with Gasteiger partial charge in [0.25, 0.3) is 0 Å². The highest BCUT2D eigenvalue weighted by atomic mass is 19.1. The van der Waals surface area contributed by atoms with Crippen LogP contribution in [-0.2, 0) is 6.54 Å². The predicted octanol–water partition coefficient (Wildman–Crippen LogP) is 1.95. The van der Waals surface area contributed by atoms with Gasteiger partial charge in [-0.2, -0.15) is 5.26 Å². The second-order valence-corrected chi connectivity index (χ2v) is 5.12. The van der Waals surface area contributed by atoms with E-state index in [1.54, 1.807) is 0 Å². The summed E-state index contributed by atoms with van der Waals surface area (Å²) in [7, 11) is 0. The molecule has 1 aliphatic rings. The third-order valence-corrected chi connectivity index (χ3v) is 3.68. The van der Waals surface area contributed by atoms with Crippen LogP contribution in [0.1, 0.15) is 30.9 Å². The first-order chi connectivity index (χ1) is 8.59. The molecule has 1 aromatic carbocycles. The van der Waals surface area contributed by atoms with E-state index in [0.717, 1.165) is 12.8 Å². The molecule has 0 heterocycles. The van der Waals surface area contributed by atoms with Gasteiger partial charge in [0.15, 0.2) is 0 Å². The van der Waals surface area contributed by atoms with Crippen LogP contribution in [0.2, 0.25) is 0 Å². The molecular formula is C14H17FN2O. The molecule has 0 bridgehead atoms. The van der Waals surface area contributed by atoms with E-state index < -0.39 is 0 Å². The number of benzene rings is 1. The Morgan fingerprint density at radius 2 is 2.28 bits per heavy atom. The summed E-state index contributed by atoms with van der Waals surface area (Å²) in [6, 6.07) is 6.20. The normalized spacial score (nSPS) is 18.1. The highest BCUT2D eigenvalue weighted by molar-refractivity contribution is 5.37. The highest BCUT2D eigenvalue weighted by Gasteiger charge is 2.40. The van der Waals surface area contributed by atoms with Gasteiger partial charge in [-0.15, -0.1) is 0 Å². The zero-order valence-corrected chi connectivity index (χ0v) is 10.4. The molecule has 1 atom stereocenters. The zero-order chi connectivity index (χ0) is 13.2. The van der Waals surface area contributed by atoms with E-state index in [0.29, 0.717) is 23.6 Å². The highest BCUT2D eigenvalue weighted by Crippen LogP contribution is 2.39. The van der Waals surface area contributed by atoms with Gasteiger partial charge in [-0.1, -0.05) is 0 Å². The van der Waals surface area contributed by atoms with Crippen molar-refractivity contribution >= 4 is 0 Å². The van der Waals surface area contributed by atoms with E-state index in [1.165, 1.54) is 18.2 Å². The Labute approximate surface area is 106 Å². The fourth-order valence-corrected chi connectivity index (χ4v) is 2.16. The maximum Gasteiger partial charge on any atom is 0.123 e. The fourth-order valence-electron chi connectivity index (χ4n) is 2.16. The molecule has 0 saturated heterocycles. The smallest absolute Gasteiger partial charge is 0.123 e. The van der Waals surface area contributed by atoms with Gasteiger partial charge in [0.1, 0.15) is 5.82 Å². The van der Waals surface area contributed by atoms with Crippen LogP contribution < -0.4 is 5.32 Å². The van der Waals surface area contributed by atoms with E-state index >= 15 is 0 Å². The molecule has 2 N–H and O–H groups in total. The first-order valence-corrected chi connectivity index (χ1v) is 6.13. The topological polar surface area (TPSA) is 56.0 Å². The van der Waals surface area contributed by atoms with Crippen LogP contribution in [0, 0.1) is 23.1 Å². The summed E-state index contributed by atoms with van der Waals surface area (Å²) in [6.45, 7) is 2.42. The van der Waals surface area contributed by atoms with Gasteiger partial charge in [-0.25, -0.2) is 4.39 Å². The lowest BCUT2D eigenvalue weighted by Crippen LogP contribution is -2.47. The van der Waals surface area contributed by atoms with Gasteiger partial charge < -0.3 is 10.4 Å². The van der Waals surface area contributed by atoms with E-state index in [4.69, 9.17) is 5.26 Å². The minimum absolute atomic E-state index is 0.0505. The summed E-state index contributed by atoms with van der Waals surface area (Å²) >= 11 is 0. The first kappa shape index (κ1) is 13.0. The standard InChI is InChI=1S/C14H17FN2O/c1-14(9-18,12-3-4-12)17-8-11-6-13(15)5-2-10(11)7-16/h2,5-6,12,17-18H,3-4,8-9H2,1H3. The number of hydrogen-bond donors (Lipinski definition) is 2. The van der Waals surface area contributed by atoms with Gasteiger partial charge >= 0.3 is 0 Å². The molecule has 1 aromatic rings. The molecule has 1 unspecified atom stereocenters. The molecular weight excluding hydrogens is 231 g/mol. The van der Waals surface area contributed by atoms with E-state index in [9.17, 15) is 9.50 Å². The molecule has 2 rings (SSSR count). The number of halogens is 1. The van der Waals surface area contributed by atoms with Crippen LogP contribution in [0.3, 0.4) is 0 Å². The number of aliphatic hydroxyl groups is 1. The van der Waals surface area contributed by atoms with Crippen molar-refractivity contribution in [3.63, 3.8) is 0 Å². The summed E-state index contributed by atoms with van der Waals surface area (Å²) in [5, 5.41) is 21.7. The number of nitrogens with one attached hydrogen (secondary N) is 1. The maximum absolute atomic E-state index is 13.2. The third kappa shape index (κ3) is 2.69. The van der Waals surface area contributed by atoms with Crippen LogP contribution in [0.15, 0.2) is 18.2 Å². The van der Waals surface area contributed by atoms with Crippen LogP contribution in [0.4, 0.5) is 4.39 Å². The van der Waals surface area contributed by atoms with Gasteiger partial charge in [-0.05, 0) is 49.4 Å². The number of hydrogen-bond acceptors (Lipinski definition) is 3. The molecule has 3 nitrogen and oxygen atoms in total. The van der Waals surface area contributed by atoms with Gasteiger partial charge in [0, 0.05) is 12.1 Å². The predicted molar refractivity (Wildman–Crippen MR) is 66.2 cm³/mol. The second kappa shape index (κ2) is 5.05. The summed E-state index contributed by atoms with van der Waals surface area (Å²) in [5.74, 6) is 0.129. The summed E-state index contributed by atoms with van der Waals surface area (Å²) < 4.78 is 13.2. The Morgan fingerprint density at radius 1 is 1.56 bits per heavy atom. The summed E-state index contributed by atoms with van der Waals surface area (Å²) in [4.78, 5) is 0. The Hall–Kier alpha value is -1.44. The molecule has 18 heavy (non-hydrogen) atoms. The summed E-state index contributed by atoms with van der Waals surface area (Å²) in [5.41, 5.74) is 0.775. The molecule has 96 valence electrons. The van der Waals surface area contributed by atoms with Crippen molar-refractivity contribution in [3.05, 3.63) is 35.1 Å². The maximum atomic E-state index is 13.2. The summed E-state index contributed by atoms with van der Waals surface area (Å²) in [6.07, 6.45) is 2.22. The lowest BCUT2D eigenvalue weighted by atomic mass is 9.96. The molecule has 0 aromatic heterocycles. The Balaban J connectivity index is 2.10. The third-order valence-electron chi connectivity index (χ3n) is 3.68. The van der Waals surface area contributed by atoms with Crippen molar-refractivity contribution in [1.82, 2.24) is 5.32 Å². The second-order valence-electron chi connectivity index (χ2n) is 5.12. The minimum atomic E-state index is -0.345. The SMILES string of the molecule is CC(CO)(NCc1cc(F)ccc1C#N)C1CC1. The number of aliphatic hydroxyl groups excluding tert-OH is 1. The van der Waals surface area contributed by atoms with Crippen molar-refractivity contribution in [2.75, 3.05) is 6.61 Å². The van der Waals surface area contributed by atoms with Crippen molar-refractivity contribution in [1.29, 1.82) is 5.26 Å². The Kier molecular flexibility index (Phi) is 3.65. The number of nitriles is 1. The van der Waals surface area contributed by atoms with Crippen molar-refractivity contribution in [2.24, 2.45) is 5.92 Å². The van der Waals surface area contributed by atoms with E-state index in [2.05, 4.69) is 11.4 Å². The van der Waals surface area contributed by atoms with E-state index in [-0.39, 0.29) is 18.0 Å². The van der Waals surface area contributed by atoms with Crippen molar-refractivity contribution in [3.8, 4) is 6.07 Å². The largest absolute Gasteiger partial charge is 0.394 e. The lowest BCUT2D eigenvalue weighted by Gasteiger charge is -2.29. The molecule has 4 heteroatoms. The monoisotopic (exact) mass is 248 g/mol. The van der Waals surface area contributed by atoms with Crippen LogP contribution in [0.25, 0.3) is 0 Å². The quantitative estimate of drug-likeness (QED) is 0.837. The average molecular weight is 248 g/mol. The minimum Gasteiger partial charge on any atom is -0.394 e. The van der Waals surface area contributed by atoms with Crippen molar-refractivity contribution in [2.45, 2.75) is 31.8 Å². The zero-order valence-electron chi connectivity index (χ0n) is 10.4. The molecule has 0 amide bonds.